The molecule has 0 spiro atoms. The zero-order valence-electron chi connectivity index (χ0n) is 14.9. The quantitative estimate of drug-likeness (QED) is 0.531. The van der Waals surface area contributed by atoms with Gasteiger partial charge in [0.25, 0.3) is 11.6 Å². The molecule has 144 valence electrons. The number of nitro groups is 1. The van der Waals surface area contributed by atoms with E-state index >= 15 is 0 Å². The Morgan fingerprint density at radius 3 is 2.44 bits per heavy atom. The smallest absolute Gasteiger partial charge is 0.273 e. The van der Waals surface area contributed by atoms with Crippen LogP contribution in [0, 0.1) is 10.1 Å². The van der Waals surface area contributed by atoms with Gasteiger partial charge in [-0.25, -0.2) is 0 Å². The number of nitrogens with one attached hydrogen (secondary N) is 1. The van der Waals surface area contributed by atoms with Gasteiger partial charge in [0.05, 0.1) is 24.1 Å². The average molecular weight is 413 g/mol. The molecule has 0 aromatic heterocycles. The first kappa shape index (κ1) is 20.8. The number of non-ortho nitro benzene ring substituents is 1. The Labute approximate surface area is 166 Å². The topological polar surface area (TPSA) is 90.7 Å². The van der Waals surface area contributed by atoms with E-state index in [0.717, 1.165) is 0 Å². The molecule has 0 aliphatic rings. The Kier molecular flexibility index (Phi) is 6.87. The number of hydrogen-bond donors (Lipinski definition) is 1. The van der Waals surface area contributed by atoms with Gasteiger partial charge in [-0.1, -0.05) is 29.3 Å². The molecule has 2 aromatic rings. The summed E-state index contributed by atoms with van der Waals surface area (Å²) in [6, 6.07) is 8.52. The minimum absolute atomic E-state index is 0.103. The van der Waals surface area contributed by atoms with Gasteiger partial charge in [-0.15, -0.1) is 0 Å². The van der Waals surface area contributed by atoms with Crippen molar-refractivity contribution in [2.45, 2.75) is 26.0 Å². The van der Waals surface area contributed by atoms with E-state index in [4.69, 9.17) is 32.7 Å². The molecule has 0 radical (unpaired) electrons. The predicted molar refractivity (Wildman–Crippen MR) is 103 cm³/mol. The van der Waals surface area contributed by atoms with E-state index in [0.29, 0.717) is 15.6 Å². The van der Waals surface area contributed by atoms with Crippen molar-refractivity contribution in [1.82, 2.24) is 5.32 Å². The summed E-state index contributed by atoms with van der Waals surface area (Å²) in [6.45, 7) is 3.30. The van der Waals surface area contributed by atoms with Crippen molar-refractivity contribution in [2.24, 2.45) is 0 Å². The highest BCUT2D eigenvalue weighted by Gasteiger charge is 2.22. The van der Waals surface area contributed by atoms with Crippen molar-refractivity contribution in [3.63, 3.8) is 0 Å². The minimum Gasteiger partial charge on any atom is -0.493 e. The Morgan fingerprint density at radius 1 is 1.15 bits per heavy atom. The van der Waals surface area contributed by atoms with Crippen molar-refractivity contribution in [3.8, 4) is 11.5 Å². The number of ether oxygens (including phenoxy) is 2. The number of nitrogens with zero attached hydrogens (tertiary/aromatic N) is 1. The molecule has 0 aliphatic carbocycles. The third kappa shape index (κ3) is 5.24. The maximum Gasteiger partial charge on any atom is 0.273 e. The third-order valence-electron chi connectivity index (χ3n) is 3.82. The molecular weight excluding hydrogens is 395 g/mol. The molecule has 9 heteroatoms. The van der Waals surface area contributed by atoms with E-state index in [-0.39, 0.29) is 23.2 Å². The monoisotopic (exact) mass is 412 g/mol. The van der Waals surface area contributed by atoms with Crippen molar-refractivity contribution < 1.29 is 19.2 Å². The fraction of sp³-hybridized carbons (Fsp3) is 0.278. The summed E-state index contributed by atoms with van der Waals surface area (Å²) >= 11 is 12.0. The summed E-state index contributed by atoms with van der Waals surface area (Å²) < 4.78 is 10.7. The largest absolute Gasteiger partial charge is 0.493 e. The molecule has 0 fully saturated rings. The van der Waals surface area contributed by atoms with E-state index in [1.807, 2.05) is 0 Å². The SMILES string of the molecule is COc1ccc([N+](=O)[O-])cc1O[C@@H](C)C(=O)N[C@H](C)c1ccc(Cl)cc1Cl. The predicted octanol–water partition coefficient (Wildman–Crippen LogP) is 4.55. The van der Waals surface area contributed by atoms with E-state index in [2.05, 4.69) is 5.32 Å². The molecule has 7 nitrogen and oxygen atoms in total. The minimum atomic E-state index is -0.922. The van der Waals surface area contributed by atoms with Crippen molar-refractivity contribution in [1.29, 1.82) is 0 Å². The van der Waals surface area contributed by atoms with E-state index in [1.54, 1.807) is 25.1 Å². The van der Waals surface area contributed by atoms with Crippen LogP contribution in [0.1, 0.15) is 25.5 Å². The number of nitro benzene ring substituents is 1. The molecule has 0 heterocycles. The number of rotatable bonds is 7. The van der Waals surface area contributed by atoms with Crippen molar-refractivity contribution in [3.05, 3.63) is 62.1 Å². The Morgan fingerprint density at radius 2 is 1.85 bits per heavy atom. The zero-order chi connectivity index (χ0) is 20.1. The molecule has 2 aromatic carbocycles. The normalized spacial score (nSPS) is 12.8. The lowest BCUT2D eigenvalue weighted by Crippen LogP contribution is -2.37. The summed E-state index contributed by atoms with van der Waals surface area (Å²) in [6.07, 6.45) is -0.922. The molecule has 2 rings (SSSR count). The Balaban J connectivity index is 2.11. The lowest BCUT2D eigenvalue weighted by atomic mass is 10.1. The van der Waals surface area contributed by atoms with Crippen LogP contribution in [0.5, 0.6) is 11.5 Å². The molecule has 0 saturated carbocycles. The lowest BCUT2D eigenvalue weighted by Gasteiger charge is -2.20. The van der Waals surface area contributed by atoms with Crippen LogP contribution in [0.3, 0.4) is 0 Å². The third-order valence-corrected chi connectivity index (χ3v) is 4.38. The van der Waals surface area contributed by atoms with Crippen LogP contribution in [0.4, 0.5) is 5.69 Å². The fourth-order valence-corrected chi connectivity index (χ4v) is 2.95. The summed E-state index contributed by atoms with van der Waals surface area (Å²) in [5.74, 6) is -0.0253. The van der Waals surface area contributed by atoms with Crippen LogP contribution in [-0.2, 0) is 4.79 Å². The molecule has 1 N–H and O–H groups in total. The van der Waals surface area contributed by atoms with E-state index < -0.39 is 16.9 Å². The van der Waals surface area contributed by atoms with Crippen LogP contribution in [0.15, 0.2) is 36.4 Å². The molecule has 1 amide bonds. The molecule has 2 atom stereocenters. The number of benzene rings is 2. The number of hydrogen-bond acceptors (Lipinski definition) is 5. The number of halogens is 2. The van der Waals surface area contributed by atoms with Gasteiger partial charge in [0, 0.05) is 16.1 Å². The lowest BCUT2D eigenvalue weighted by molar-refractivity contribution is -0.385. The van der Waals surface area contributed by atoms with Gasteiger partial charge in [0.2, 0.25) is 0 Å². The van der Waals surface area contributed by atoms with E-state index in [1.165, 1.54) is 32.2 Å². The van der Waals surface area contributed by atoms with Gasteiger partial charge in [-0.2, -0.15) is 0 Å². The summed E-state index contributed by atoms with van der Waals surface area (Å²) in [5.41, 5.74) is 0.536. The first-order chi connectivity index (χ1) is 12.7. The number of carbonyl (C=O) groups excluding carboxylic acids is 1. The van der Waals surface area contributed by atoms with Crippen molar-refractivity contribution >= 4 is 34.8 Å². The number of carbonyl (C=O) groups is 1. The van der Waals surface area contributed by atoms with Crippen LogP contribution in [-0.4, -0.2) is 24.0 Å². The van der Waals surface area contributed by atoms with Gasteiger partial charge in [0.15, 0.2) is 17.6 Å². The van der Waals surface area contributed by atoms with Crippen LogP contribution >= 0.6 is 23.2 Å². The highest BCUT2D eigenvalue weighted by atomic mass is 35.5. The summed E-state index contributed by atoms with van der Waals surface area (Å²) in [7, 11) is 1.41. The second-order valence-electron chi connectivity index (χ2n) is 5.75. The van der Waals surface area contributed by atoms with Gasteiger partial charge in [0.1, 0.15) is 0 Å². The summed E-state index contributed by atoms with van der Waals surface area (Å²) in [5, 5.41) is 14.7. The Bertz CT molecular complexity index is 860. The highest BCUT2D eigenvalue weighted by molar-refractivity contribution is 6.35. The molecule has 0 saturated heterocycles. The molecule has 0 bridgehead atoms. The van der Waals surface area contributed by atoms with Gasteiger partial charge in [-0.3, -0.25) is 14.9 Å². The summed E-state index contributed by atoms with van der Waals surface area (Å²) in [4.78, 5) is 22.8. The first-order valence-electron chi connectivity index (χ1n) is 7.97. The molecule has 27 heavy (non-hydrogen) atoms. The molecular formula is C18H18Cl2N2O5. The maximum absolute atomic E-state index is 12.4. The second kappa shape index (κ2) is 8.92. The van der Waals surface area contributed by atoms with Crippen molar-refractivity contribution in [2.75, 3.05) is 7.11 Å². The standard InChI is InChI=1S/C18H18Cl2N2O5/c1-10(14-6-4-12(19)8-15(14)20)21-18(23)11(2)27-17-9-13(22(24)25)5-7-16(17)26-3/h4-11H,1-3H3,(H,21,23)/t10-,11+/m1/s1. The zero-order valence-corrected chi connectivity index (χ0v) is 16.4. The maximum atomic E-state index is 12.4. The van der Waals surface area contributed by atoms with E-state index in [9.17, 15) is 14.9 Å². The number of methoxy groups -OCH3 is 1. The van der Waals surface area contributed by atoms with Gasteiger partial charge >= 0.3 is 0 Å². The molecule has 0 unspecified atom stereocenters. The Hall–Kier alpha value is -2.51. The van der Waals surface area contributed by atoms with Gasteiger partial charge in [-0.05, 0) is 37.6 Å². The van der Waals surface area contributed by atoms with Crippen LogP contribution < -0.4 is 14.8 Å². The van der Waals surface area contributed by atoms with Gasteiger partial charge < -0.3 is 14.8 Å². The highest BCUT2D eigenvalue weighted by Crippen LogP contribution is 2.32. The average Bonchev–Trinajstić information content (AvgIpc) is 2.61. The fourth-order valence-electron chi connectivity index (χ4n) is 2.38. The number of amides is 1. The van der Waals surface area contributed by atoms with Crippen LogP contribution in [0.25, 0.3) is 0 Å². The first-order valence-corrected chi connectivity index (χ1v) is 8.73. The van der Waals surface area contributed by atoms with Crippen LogP contribution in [0.2, 0.25) is 10.0 Å². The second-order valence-corrected chi connectivity index (χ2v) is 6.59. The molecule has 0 aliphatic heterocycles.